The number of carboxylic acids is 2. The number of carbonyl (C=O) groups is 5. The van der Waals surface area contributed by atoms with Gasteiger partial charge in [0.25, 0.3) is 0 Å². The minimum Gasteiger partial charge on any atom is -0.508 e. The average molecular weight is 524 g/mol. The number of benzene rings is 1. The summed E-state index contributed by atoms with van der Waals surface area (Å²) in [6.45, 7) is -0.399. The average Bonchev–Trinajstić information content (AvgIpc) is 2.83. The predicted octanol–water partition coefficient (Wildman–Crippen LogP) is -2.65. The number of phenolic OH excluding ortho intramolecular Hbond substituents is 1. The lowest BCUT2D eigenvalue weighted by molar-refractivity contribution is -0.142. The van der Waals surface area contributed by atoms with E-state index in [1.165, 1.54) is 24.3 Å². The normalized spacial score (nSPS) is 12.9. The maximum absolute atomic E-state index is 12.9. The van der Waals surface area contributed by atoms with E-state index in [0.29, 0.717) is 5.56 Å². The molecule has 1 aromatic carbocycles. The molecule has 1 aromatic rings. The minimum absolute atomic E-state index is 0.0116. The molecule has 0 saturated heterocycles. The summed E-state index contributed by atoms with van der Waals surface area (Å²) in [6.07, 6.45) is -0.231. The third-order valence-corrected chi connectivity index (χ3v) is 5.02. The van der Waals surface area contributed by atoms with Crippen molar-refractivity contribution in [3.05, 3.63) is 29.8 Å². The number of hydrogen-bond acceptors (Lipinski definition) is 8. The van der Waals surface area contributed by atoms with Crippen LogP contribution in [0.1, 0.15) is 31.2 Å². The molecule has 0 aliphatic carbocycles. The number of nitrogens with two attached hydrogens (primary N) is 3. The zero-order valence-corrected chi connectivity index (χ0v) is 20.1. The number of carbonyl (C=O) groups excluding carboxylic acids is 3. The van der Waals surface area contributed by atoms with E-state index in [1.54, 1.807) is 0 Å². The third-order valence-electron chi connectivity index (χ3n) is 5.02. The maximum Gasteiger partial charge on any atom is 0.326 e. The van der Waals surface area contributed by atoms with Gasteiger partial charge in [-0.3, -0.25) is 24.2 Å². The van der Waals surface area contributed by atoms with E-state index in [2.05, 4.69) is 20.9 Å². The summed E-state index contributed by atoms with van der Waals surface area (Å²) in [5, 5.41) is 34.7. The Balaban J connectivity index is 2.85. The molecule has 0 aliphatic heterocycles. The molecule has 0 heterocycles. The Hall–Kier alpha value is -4.40. The van der Waals surface area contributed by atoms with Gasteiger partial charge < -0.3 is 48.5 Å². The number of carboxylic acid groups (broad SMARTS) is 2. The summed E-state index contributed by atoms with van der Waals surface area (Å²) in [7, 11) is 0. The van der Waals surface area contributed by atoms with Gasteiger partial charge in [0.1, 0.15) is 17.8 Å². The summed E-state index contributed by atoms with van der Waals surface area (Å²) >= 11 is 0. The van der Waals surface area contributed by atoms with Crippen LogP contribution in [0, 0.1) is 0 Å². The van der Waals surface area contributed by atoms with Crippen molar-refractivity contribution in [3.63, 3.8) is 0 Å². The third kappa shape index (κ3) is 12.7. The van der Waals surface area contributed by atoms with Crippen molar-refractivity contribution in [2.24, 2.45) is 22.2 Å². The lowest BCUT2D eigenvalue weighted by Crippen LogP contribution is -2.54. The van der Waals surface area contributed by atoms with Gasteiger partial charge >= 0.3 is 11.9 Å². The monoisotopic (exact) mass is 523 g/mol. The predicted molar refractivity (Wildman–Crippen MR) is 131 cm³/mol. The highest BCUT2D eigenvalue weighted by Crippen LogP contribution is 2.12. The smallest absolute Gasteiger partial charge is 0.326 e. The Labute approximate surface area is 212 Å². The van der Waals surface area contributed by atoms with Crippen LogP contribution in [0.4, 0.5) is 0 Å². The number of nitrogens with zero attached hydrogens (tertiary/aromatic N) is 1. The molecule has 0 fully saturated rings. The van der Waals surface area contributed by atoms with Crippen LogP contribution in [0.5, 0.6) is 5.75 Å². The van der Waals surface area contributed by atoms with Crippen molar-refractivity contribution >= 4 is 35.6 Å². The van der Waals surface area contributed by atoms with Gasteiger partial charge in [0.15, 0.2) is 5.96 Å². The fourth-order valence-electron chi connectivity index (χ4n) is 3.06. The minimum atomic E-state index is -1.30. The molecule has 0 spiro atoms. The van der Waals surface area contributed by atoms with Crippen molar-refractivity contribution in [2.75, 3.05) is 13.1 Å². The van der Waals surface area contributed by atoms with Gasteiger partial charge in [0.2, 0.25) is 17.7 Å². The number of aliphatic imine (C=N–C) groups is 1. The molecule has 0 bridgehead atoms. The summed E-state index contributed by atoms with van der Waals surface area (Å²) in [5.74, 6) is -4.89. The maximum atomic E-state index is 12.9. The van der Waals surface area contributed by atoms with Gasteiger partial charge in [-0.05, 0) is 37.0 Å². The summed E-state index contributed by atoms with van der Waals surface area (Å²) in [6, 6.07) is 2.16. The Kier molecular flexibility index (Phi) is 12.9. The van der Waals surface area contributed by atoms with Crippen LogP contribution < -0.4 is 33.2 Å². The molecule has 1 rings (SSSR count). The molecule has 204 valence electrons. The van der Waals surface area contributed by atoms with Gasteiger partial charge in [-0.2, -0.15) is 0 Å². The van der Waals surface area contributed by atoms with Crippen molar-refractivity contribution in [2.45, 2.75) is 50.2 Å². The number of aromatic hydroxyl groups is 1. The second-order valence-electron chi connectivity index (χ2n) is 8.10. The van der Waals surface area contributed by atoms with Crippen LogP contribution in [0.25, 0.3) is 0 Å². The number of aliphatic carboxylic acids is 2. The van der Waals surface area contributed by atoms with Gasteiger partial charge in [-0.1, -0.05) is 12.1 Å². The number of hydrogen-bond donors (Lipinski definition) is 9. The van der Waals surface area contributed by atoms with Gasteiger partial charge in [0, 0.05) is 19.4 Å². The molecule has 3 amide bonds. The molecule has 0 aromatic heterocycles. The molecule has 15 heteroatoms. The molecule has 0 aliphatic rings. The first-order valence-corrected chi connectivity index (χ1v) is 11.3. The van der Waals surface area contributed by atoms with Crippen molar-refractivity contribution in [1.82, 2.24) is 16.0 Å². The summed E-state index contributed by atoms with van der Waals surface area (Å²) < 4.78 is 0. The molecule has 0 radical (unpaired) electrons. The number of amides is 3. The zero-order valence-electron chi connectivity index (χ0n) is 20.1. The van der Waals surface area contributed by atoms with Crippen LogP contribution in [0.2, 0.25) is 0 Å². The lowest BCUT2D eigenvalue weighted by Gasteiger charge is -2.22. The molecule has 12 N–H and O–H groups in total. The topological polar surface area (TPSA) is 273 Å². The second kappa shape index (κ2) is 15.6. The number of rotatable bonds is 16. The number of phenols is 1. The van der Waals surface area contributed by atoms with E-state index in [-0.39, 0.29) is 50.4 Å². The van der Waals surface area contributed by atoms with Crippen molar-refractivity contribution in [3.8, 4) is 5.75 Å². The Morgan fingerprint density at radius 1 is 0.919 bits per heavy atom. The van der Waals surface area contributed by atoms with Crippen LogP contribution in [0.3, 0.4) is 0 Å². The quantitative estimate of drug-likeness (QED) is 0.0613. The van der Waals surface area contributed by atoms with Crippen LogP contribution in [0.15, 0.2) is 29.3 Å². The van der Waals surface area contributed by atoms with E-state index in [1.807, 2.05) is 0 Å². The fraction of sp³-hybridized carbons (Fsp3) is 0.455. The first-order valence-electron chi connectivity index (χ1n) is 11.3. The summed E-state index contributed by atoms with van der Waals surface area (Å²) in [4.78, 5) is 63.4. The Morgan fingerprint density at radius 2 is 1.57 bits per heavy atom. The highest BCUT2D eigenvalue weighted by Gasteiger charge is 2.27. The molecule has 37 heavy (non-hydrogen) atoms. The van der Waals surface area contributed by atoms with E-state index in [9.17, 15) is 34.2 Å². The lowest BCUT2D eigenvalue weighted by atomic mass is 10.0. The van der Waals surface area contributed by atoms with Crippen molar-refractivity contribution in [1.29, 1.82) is 0 Å². The van der Waals surface area contributed by atoms with Gasteiger partial charge in [-0.15, -0.1) is 0 Å². The van der Waals surface area contributed by atoms with Crippen LogP contribution >= 0.6 is 0 Å². The van der Waals surface area contributed by atoms with Crippen LogP contribution in [-0.4, -0.2) is 82.2 Å². The SMILES string of the molecule is NC(N)=NCCCC(NC(=O)C(Cc1ccc(O)cc1)NC(=O)CNC(=O)C(N)CCC(=O)O)C(=O)O. The molecule has 3 atom stereocenters. The van der Waals surface area contributed by atoms with Crippen LogP contribution in [-0.2, 0) is 30.4 Å². The largest absolute Gasteiger partial charge is 0.508 e. The first kappa shape index (κ1) is 30.6. The van der Waals surface area contributed by atoms with E-state index in [0.717, 1.165) is 0 Å². The van der Waals surface area contributed by atoms with E-state index >= 15 is 0 Å². The highest BCUT2D eigenvalue weighted by molar-refractivity contribution is 5.92. The Morgan fingerprint density at radius 3 is 2.14 bits per heavy atom. The molecular formula is C22H33N7O8. The van der Waals surface area contributed by atoms with Crippen molar-refractivity contribution < 1.29 is 39.3 Å². The first-order chi connectivity index (χ1) is 17.4. The fourth-order valence-corrected chi connectivity index (χ4v) is 3.06. The molecule has 15 nitrogen and oxygen atoms in total. The standard InChI is InChI=1S/C22H33N7O8/c23-14(7-8-18(32)33)19(34)27-11-17(31)28-16(10-12-3-5-13(30)6-4-12)20(35)29-15(21(36)37)2-1-9-26-22(24)25/h3-6,14-16,30H,1-2,7-11,23H2,(H,27,34)(H,28,31)(H,29,35)(H,32,33)(H,36,37)(H4,24,25,26). The molecule has 0 saturated carbocycles. The van der Waals surface area contributed by atoms with Gasteiger partial charge in [0.05, 0.1) is 12.6 Å². The number of guanidine groups is 1. The summed E-state index contributed by atoms with van der Waals surface area (Å²) in [5.41, 5.74) is 16.6. The highest BCUT2D eigenvalue weighted by atomic mass is 16.4. The molecular weight excluding hydrogens is 490 g/mol. The number of nitrogens with one attached hydrogen (secondary N) is 3. The zero-order chi connectivity index (χ0) is 28.0. The Bertz CT molecular complexity index is 980. The van der Waals surface area contributed by atoms with E-state index < -0.39 is 54.3 Å². The molecule has 3 unspecified atom stereocenters. The van der Waals surface area contributed by atoms with Gasteiger partial charge in [-0.25, -0.2) is 4.79 Å². The van der Waals surface area contributed by atoms with E-state index in [4.69, 9.17) is 22.3 Å². The second-order valence-corrected chi connectivity index (χ2v) is 8.10.